The average Bonchev–Trinajstić information content (AvgIpc) is 2.85. The van der Waals surface area contributed by atoms with E-state index in [-0.39, 0.29) is 0 Å². The van der Waals surface area contributed by atoms with E-state index in [2.05, 4.69) is 34.9 Å². The molecule has 0 atom stereocenters. The van der Waals surface area contributed by atoms with Crippen molar-refractivity contribution < 1.29 is 0 Å². The monoisotopic (exact) mass is 287 g/mol. The first-order valence-corrected chi connectivity index (χ1v) is 7.37. The number of nitrogens with zero attached hydrogens (tertiary/aromatic N) is 2. The fraction of sp³-hybridized carbons (Fsp3) is 0.214. The third-order valence-corrected chi connectivity index (χ3v) is 4.02. The van der Waals surface area contributed by atoms with Crippen molar-refractivity contribution >= 4 is 33.8 Å². The highest BCUT2D eigenvalue weighted by Gasteiger charge is 2.07. The lowest BCUT2D eigenvalue weighted by atomic mass is 10.1. The van der Waals surface area contributed by atoms with Crippen molar-refractivity contribution in [1.29, 1.82) is 0 Å². The van der Waals surface area contributed by atoms with Crippen molar-refractivity contribution in [3.63, 3.8) is 0 Å². The first-order valence-electron chi connectivity index (χ1n) is 6.08. The molecule has 19 heavy (non-hydrogen) atoms. The number of pyridine rings is 1. The van der Waals surface area contributed by atoms with Crippen LogP contribution < -0.4 is 0 Å². The molecule has 0 bridgehead atoms. The molecule has 3 heterocycles. The Morgan fingerprint density at radius 3 is 2.95 bits per heavy atom. The van der Waals surface area contributed by atoms with Crippen LogP contribution in [0.25, 0.3) is 21.6 Å². The fourth-order valence-electron chi connectivity index (χ4n) is 1.90. The largest absolute Gasteiger partial charge is 0.343 e. The number of hydrogen-bond acceptors (Lipinski definition) is 4. The summed E-state index contributed by atoms with van der Waals surface area (Å²) in [6.07, 6.45) is 1.84. The van der Waals surface area contributed by atoms with E-state index in [1.807, 2.05) is 23.7 Å². The topological polar surface area (TPSA) is 41.6 Å². The minimum atomic E-state index is 0.391. The zero-order valence-corrected chi connectivity index (χ0v) is 12.3. The number of thiophene rings is 1. The van der Waals surface area contributed by atoms with Gasteiger partial charge in [-0.3, -0.25) is 4.98 Å². The van der Waals surface area contributed by atoms with Crippen LogP contribution in [-0.4, -0.2) is 15.0 Å². The van der Waals surface area contributed by atoms with Crippen molar-refractivity contribution in [1.82, 2.24) is 15.0 Å². The van der Waals surface area contributed by atoms with Crippen LogP contribution in [0.2, 0.25) is 0 Å². The minimum Gasteiger partial charge on any atom is -0.343 e. The Hall–Kier alpha value is -1.59. The molecule has 0 aromatic carbocycles. The Kier molecular flexibility index (Phi) is 3.16. The molecule has 5 heteroatoms. The maximum Gasteiger partial charge on any atom is 0.140 e. The third kappa shape index (κ3) is 2.43. The van der Waals surface area contributed by atoms with E-state index in [1.165, 1.54) is 0 Å². The van der Waals surface area contributed by atoms with Gasteiger partial charge in [0.05, 0.1) is 10.2 Å². The zero-order chi connectivity index (χ0) is 13.4. The molecule has 0 unspecified atom stereocenters. The molecule has 0 saturated carbocycles. The normalized spacial score (nSPS) is 11.3. The molecule has 1 N–H and O–H groups in total. The Balaban J connectivity index is 2.17. The van der Waals surface area contributed by atoms with E-state index in [4.69, 9.17) is 12.2 Å². The summed E-state index contributed by atoms with van der Waals surface area (Å²) < 4.78 is 1.78. The number of fused-ring (bicyclic) bond motifs is 1. The summed E-state index contributed by atoms with van der Waals surface area (Å²) in [5.74, 6) is 1.18. The van der Waals surface area contributed by atoms with Crippen LogP contribution in [0.4, 0.5) is 0 Å². The number of aromatic nitrogens is 3. The van der Waals surface area contributed by atoms with Crippen LogP contribution in [0.3, 0.4) is 0 Å². The Morgan fingerprint density at radius 1 is 1.32 bits per heavy atom. The van der Waals surface area contributed by atoms with Crippen molar-refractivity contribution in [2.45, 2.75) is 19.8 Å². The van der Waals surface area contributed by atoms with Gasteiger partial charge in [0.25, 0.3) is 0 Å². The van der Waals surface area contributed by atoms with Crippen molar-refractivity contribution in [2.24, 2.45) is 0 Å². The van der Waals surface area contributed by atoms with Gasteiger partial charge in [-0.2, -0.15) is 0 Å². The van der Waals surface area contributed by atoms with Gasteiger partial charge in [-0.25, -0.2) is 4.98 Å². The number of rotatable bonds is 2. The van der Waals surface area contributed by atoms with Gasteiger partial charge >= 0.3 is 0 Å². The summed E-state index contributed by atoms with van der Waals surface area (Å²) in [6, 6.07) is 6.04. The summed E-state index contributed by atoms with van der Waals surface area (Å²) in [6.45, 7) is 4.26. The molecular weight excluding hydrogens is 274 g/mol. The number of aromatic amines is 1. The van der Waals surface area contributed by atoms with Gasteiger partial charge in [-0.05, 0) is 29.5 Å². The van der Waals surface area contributed by atoms with E-state index in [0.29, 0.717) is 10.6 Å². The highest BCUT2D eigenvalue weighted by atomic mass is 32.1. The van der Waals surface area contributed by atoms with E-state index >= 15 is 0 Å². The van der Waals surface area contributed by atoms with Gasteiger partial charge in [0, 0.05) is 17.5 Å². The van der Waals surface area contributed by atoms with Crippen LogP contribution in [0.5, 0.6) is 0 Å². The van der Waals surface area contributed by atoms with Gasteiger partial charge in [0.15, 0.2) is 0 Å². The third-order valence-electron chi connectivity index (χ3n) is 2.96. The second-order valence-electron chi connectivity index (χ2n) is 4.71. The number of hydrogen-bond donors (Lipinski definition) is 1. The summed E-state index contributed by atoms with van der Waals surface area (Å²) >= 11 is 6.92. The van der Waals surface area contributed by atoms with E-state index in [1.54, 1.807) is 11.3 Å². The molecule has 3 aromatic heterocycles. The first-order chi connectivity index (χ1) is 9.13. The molecule has 0 saturated heterocycles. The highest BCUT2D eigenvalue weighted by molar-refractivity contribution is 7.71. The molecule has 96 valence electrons. The maximum atomic E-state index is 5.24. The summed E-state index contributed by atoms with van der Waals surface area (Å²) in [7, 11) is 0. The second-order valence-corrected chi connectivity index (χ2v) is 6.07. The Labute approximate surface area is 120 Å². The molecule has 0 fully saturated rings. The highest BCUT2D eigenvalue weighted by Crippen LogP contribution is 2.24. The van der Waals surface area contributed by atoms with Gasteiger partial charge in [0.2, 0.25) is 0 Å². The molecule has 3 nitrogen and oxygen atoms in total. The van der Waals surface area contributed by atoms with E-state index in [9.17, 15) is 0 Å². The Morgan fingerprint density at radius 2 is 2.16 bits per heavy atom. The van der Waals surface area contributed by atoms with Crippen LogP contribution in [-0.2, 0) is 0 Å². The Bertz CT molecular complexity index is 786. The fourth-order valence-corrected chi connectivity index (χ4v) is 2.90. The lowest BCUT2D eigenvalue weighted by Crippen LogP contribution is -1.98. The molecule has 3 aromatic rings. The van der Waals surface area contributed by atoms with Crippen LogP contribution in [0, 0.1) is 4.64 Å². The van der Waals surface area contributed by atoms with E-state index < -0.39 is 0 Å². The maximum absolute atomic E-state index is 5.24. The number of H-pyrrole nitrogens is 1. The standard InChI is InChI=1S/C14H13N3S2/c1-8(2)11-6-13(18)17-14(16-11)9-5-12-10(15-7-9)3-4-19-12/h3-8H,1-2H3,(H,16,17,18). The second kappa shape index (κ2) is 4.83. The molecule has 0 aliphatic rings. The van der Waals surface area contributed by atoms with Crippen LogP contribution in [0.15, 0.2) is 29.8 Å². The lowest BCUT2D eigenvalue weighted by Gasteiger charge is -2.08. The molecule has 0 spiro atoms. The summed E-state index contributed by atoms with van der Waals surface area (Å²) in [4.78, 5) is 12.2. The molecule has 0 aliphatic carbocycles. The SMILES string of the molecule is CC(C)c1cc(=S)nc(-c2cnc3ccsc3c2)[nH]1. The van der Waals surface area contributed by atoms with Gasteiger partial charge < -0.3 is 4.98 Å². The predicted octanol–water partition coefficient (Wildman–Crippen LogP) is 4.54. The van der Waals surface area contributed by atoms with Crippen molar-refractivity contribution in [3.8, 4) is 11.4 Å². The lowest BCUT2D eigenvalue weighted by molar-refractivity contribution is 0.815. The van der Waals surface area contributed by atoms with Crippen LogP contribution >= 0.6 is 23.6 Å². The number of nitrogens with one attached hydrogen (secondary N) is 1. The minimum absolute atomic E-state index is 0.391. The molecule has 0 radical (unpaired) electrons. The van der Waals surface area contributed by atoms with Gasteiger partial charge in [-0.1, -0.05) is 26.1 Å². The van der Waals surface area contributed by atoms with Gasteiger partial charge in [-0.15, -0.1) is 11.3 Å². The smallest absolute Gasteiger partial charge is 0.140 e. The van der Waals surface area contributed by atoms with Crippen molar-refractivity contribution in [2.75, 3.05) is 0 Å². The molecule has 0 aliphatic heterocycles. The van der Waals surface area contributed by atoms with Crippen LogP contribution in [0.1, 0.15) is 25.5 Å². The van der Waals surface area contributed by atoms with Gasteiger partial charge in [0.1, 0.15) is 10.5 Å². The first kappa shape index (κ1) is 12.4. The predicted molar refractivity (Wildman–Crippen MR) is 82.1 cm³/mol. The quantitative estimate of drug-likeness (QED) is 0.704. The molecule has 3 rings (SSSR count). The zero-order valence-electron chi connectivity index (χ0n) is 10.7. The average molecular weight is 287 g/mol. The van der Waals surface area contributed by atoms with E-state index in [0.717, 1.165) is 27.3 Å². The summed E-state index contributed by atoms with van der Waals surface area (Å²) in [5.41, 5.74) is 3.09. The summed E-state index contributed by atoms with van der Waals surface area (Å²) in [5, 5.41) is 2.04. The van der Waals surface area contributed by atoms with Crippen molar-refractivity contribution in [3.05, 3.63) is 40.1 Å². The molecular formula is C14H13N3S2. The molecule has 0 amide bonds.